The van der Waals surface area contributed by atoms with E-state index in [0.29, 0.717) is 16.9 Å². The number of carbonyl (C=O) groups is 2. The van der Waals surface area contributed by atoms with E-state index in [2.05, 4.69) is 26.3 Å². The number of benzene rings is 1. The fourth-order valence-corrected chi connectivity index (χ4v) is 3.61. The summed E-state index contributed by atoms with van der Waals surface area (Å²) in [6.07, 6.45) is 8.81. The van der Waals surface area contributed by atoms with Gasteiger partial charge in [-0.25, -0.2) is 0 Å². The van der Waals surface area contributed by atoms with Crippen LogP contribution in [0.2, 0.25) is 0 Å². The van der Waals surface area contributed by atoms with Crippen LogP contribution in [0.15, 0.2) is 42.9 Å². The van der Waals surface area contributed by atoms with Crippen molar-refractivity contribution in [3.05, 3.63) is 54.1 Å². The summed E-state index contributed by atoms with van der Waals surface area (Å²) in [4.78, 5) is 33.5. The second-order valence-electron chi connectivity index (χ2n) is 6.91. The molecule has 0 atom stereocenters. The van der Waals surface area contributed by atoms with Gasteiger partial charge in [-0.1, -0.05) is 0 Å². The Labute approximate surface area is 157 Å². The molecule has 1 aliphatic heterocycles. The van der Waals surface area contributed by atoms with E-state index < -0.39 is 0 Å². The predicted molar refractivity (Wildman–Crippen MR) is 107 cm³/mol. The number of fused-ring (bicyclic) bond motifs is 1. The van der Waals surface area contributed by atoms with Gasteiger partial charge in [0.15, 0.2) is 5.78 Å². The van der Waals surface area contributed by atoms with Crippen LogP contribution in [0.5, 0.6) is 0 Å². The highest BCUT2D eigenvalue weighted by Crippen LogP contribution is 2.33. The second-order valence-corrected chi connectivity index (χ2v) is 6.91. The summed E-state index contributed by atoms with van der Waals surface area (Å²) in [6, 6.07) is 7.57. The number of amides is 1. The van der Waals surface area contributed by atoms with Crippen LogP contribution in [0.3, 0.4) is 0 Å². The molecule has 0 spiro atoms. The first-order valence-corrected chi connectivity index (χ1v) is 9.26. The van der Waals surface area contributed by atoms with Crippen LogP contribution in [0.1, 0.15) is 47.0 Å². The Bertz CT molecular complexity index is 1000. The number of anilines is 2. The molecule has 2 aromatic heterocycles. The molecule has 1 aliphatic rings. The summed E-state index contributed by atoms with van der Waals surface area (Å²) in [5.41, 5.74) is 2.75. The zero-order valence-corrected chi connectivity index (χ0v) is 15.3. The second kappa shape index (κ2) is 7.23. The monoisotopic (exact) mass is 362 g/mol. The van der Waals surface area contributed by atoms with Crippen molar-refractivity contribution in [3.63, 3.8) is 0 Å². The van der Waals surface area contributed by atoms with Crippen LogP contribution < -0.4 is 10.2 Å². The van der Waals surface area contributed by atoms with E-state index in [4.69, 9.17) is 0 Å². The first-order chi connectivity index (χ1) is 13.1. The minimum Gasteiger partial charge on any atom is -0.371 e. The number of hydrogen-bond acceptors (Lipinski definition) is 4. The van der Waals surface area contributed by atoms with Gasteiger partial charge in [-0.15, -0.1) is 0 Å². The first kappa shape index (κ1) is 17.3. The highest BCUT2D eigenvalue weighted by atomic mass is 16.2. The molecule has 27 heavy (non-hydrogen) atoms. The van der Waals surface area contributed by atoms with Crippen LogP contribution in [-0.2, 0) is 0 Å². The molecule has 0 unspecified atom stereocenters. The van der Waals surface area contributed by atoms with Crippen molar-refractivity contribution in [2.24, 2.45) is 0 Å². The molecule has 2 N–H and O–H groups in total. The molecular weight excluding hydrogens is 340 g/mol. The SMILES string of the molecule is CC(=O)c1c[nH]c(C(=O)Nc2ccc(N3CCCCC3)c3ccncc23)c1. The van der Waals surface area contributed by atoms with E-state index >= 15 is 0 Å². The van der Waals surface area contributed by atoms with E-state index in [0.717, 1.165) is 23.9 Å². The zero-order valence-electron chi connectivity index (χ0n) is 15.3. The predicted octanol–water partition coefficient (Wildman–Crippen LogP) is 4.01. The molecule has 1 aromatic carbocycles. The zero-order chi connectivity index (χ0) is 18.8. The number of rotatable bonds is 4. The first-order valence-electron chi connectivity index (χ1n) is 9.26. The highest BCUT2D eigenvalue weighted by molar-refractivity contribution is 6.11. The molecule has 1 fully saturated rings. The molecule has 0 radical (unpaired) electrons. The fraction of sp³-hybridized carbons (Fsp3) is 0.286. The number of piperidine rings is 1. The number of H-pyrrole nitrogens is 1. The van der Waals surface area contributed by atoms with Gasteiger partial charge in [0.25, 0.3) is 5.91 Å². The van der Waals surface area contributed by atoms with Crippen LogP contribution in [-0.4, -0.2) is 34.7 Å². The summed E-state index contributed by atoms with van der Waals surface area (Å²) in [6.45, 7) is 3.59. The van der Waals surface area contributed by atoms with Gasteiger partial charge in [0, 0.05) is 53.7 Å². The number of nitrogens with one attached hydrogen (secondary N) is 2. The van der Waals surface area contributed by atoms with Crippen molar-refractivity contribution in [1.29, 1.82) is 0 Å². The normalized spacial score (nSPS) is 14.3. The largest absolute Gasteiger partial charge is 0.371 e. The molecule has 3 aromatic rings. The average molecular weight is 362 g/mol. The quantitative estimate of drug-likeness (QED) is 0.688. The lowest BCUT2D eigenvalue weighted by atomic mass is 10.0. The van der Waals surface area contributed by atoms with Gasteiger partial charge in [0.1, 0.15) is 5.69 Å². The Kier molecular flexibility index (Phi) is 4.62. The molecule has 6 heteroatoms. The van der Waals surface area contributed by atoms with Gasteiger partial charge in [-0.05, 0) is 50.5 Å². The summed E-state index contributed by atoms with van der Waals surface area (Å²) >= 11 is 0. The molecule has 1 saturated heterocycles. The van der Waals surface area contributed by atoms with Crippen molar-refractivity contribution in [2.45, 2.75) is 26.2 Å². The number of carbonyl (C=O) groups excluding carboxylic acids is 2. The van der Waals surface area contributed by atoms with E-state index in [9.17, 15) is 9.59 Å². The number of aromatic amines is 1. The minimum atomic E-state index is -0.279. The smallest absolute Gasteiger partial charge is 0.272 e. The van der Waals surface area contributed by atoms with Gasteiger partial charge in [0.05, 0.1) is 5.69 Å². The number of pyridine rings is 1. The molecule has 4 rings (SSSR count). The average Bonchev–Trinajstić information content (AvgIpc) is 3.20. The topological polar surface area (TPSA) is 78.1 Å². The Morgan fingerprint density at radius 1 is 1.11 bits per heavy atom. The van der Waals surface area contributed by atoms with Crippen molar-refractivity contribution < 1.29 is 9.59 Å². The minimum absolute atomic E-state index is 0.0779. The van der Waals surface area contributed by atoms with E-state index in [1.165, 1.54) is 31.9 Å². The maximum Gasteiger partial charge on any atom is 0.272 e. The molecular formula is C21H22N4O2. The summed E-state index contributed by atoms with van der Waals surface area (Å²) in [5.74, 6) is -0.357. The lowest BCUT2D eigenvalue weighted by Crippen LogP contribution is -2.29. The van der Waals surface area contributed by atoms with Gasteiger partial charge in [-0.3, -0.25) is 14.6 Å². The lowest BCUT2D eigenvalue weighted by molar-refractivity contribution is 0.101. The number of ketones is 1. The molecule has 0 bridgehead atoms. The summed E-state index contributed by atoms with van der Waals surface area (Å²) in [7, 11) is 0. The van der Waals surface area contributed by atoms with Crippen LogP contribution in [0.4, 0.5) is 11.4 Å². The summed E-state index contributed by atoms with van der Waals surface area (Å²) in [5, 5.41) is 4.94. The molecule has 6 nitrogen and oxygen atoms in total. The van der Waals surface area contributed by atoms with Gasteiger partial charge < -0.3 is 15.2 Å². The van der Waals surface area contributed by atoms with Crippen molar-refractivity contribution in [3.8, 4) is 0 Å². The third-order valence-electron chi connectivity index (χ3n) is 5.07. The highest BCUT2D eigenvalue weighted by Gasteiger charge is 2.17. The standard InChI is InChI=1S/C21H22N4O2/c1-14(26)15-11-19(23-12-15)21(27)24-18-5-6-20(25-9-3-2-4-10-25)16-7-8-22-13-17(16)18/h5-8,11-13,23H,2-4,9-10H2,1H3,(H,24,27). The Hall–Kier alpha value is -3.15. The molecule has 0 saturated carbocycles. The maximum absolute atomic E-state index is 12.6. The van der Waals surface area contributed by atoms with Gasteiger partial charge in [-0.2, -0.15) is 0 Å². The maximum atomic E-state index is 12.6. The summed E-state index contributed by atoms with van der Waals surface area (Å²) < 4.78 is 0. The van der Waals surface area contributed by atoms with Crippen molar-refractivity contribution in [1.82, 2.24) is 9.97 Å². The van der Waals surface area contributed by atoms with Crippen molar-refractivity contribution in [2.75, 3.05) is 23.3 Å². The third-order valence-corrected chi connectivity index (χ3v) is 5.07. The number of hydrogen-bond donors (Lipinski definition) is 2. The molecule has 3 heterocycles. The van der Waals surface area contributed by atoms with Crippen molar-refractivity contribution >= 4 is 33.8 Å². The van der Waals surface area contributed by atoms with Gasteiger partial charge >= 0.3 is 0 Å². The molecule has 0 aliphatic carbocycles. The van der Waals surface area contributed by atoms with E-state index in [1.54, 1.807) is 24.7 Å². The van der Waals surface area contributed by atoms with E-state index in [-0.39, 0.29) is 11.7 Å². The molecule has 138 valence electrons. The molecule has 1 amide bonds. The number of nitrogens with zero attached hydrogens (tertiary/aromatic N) is 2. The van der Waals surface area contributed by atoms with Crippen LogP contribution in [0, 0.1) is 0 Å². The number of aromatic nitrogens is 2. The van der Waals surface area contributed by atoms with E-state index in [1.807, 2.05) is 12.1 Å². The Morgan fingerprint density at radius 3 is 2.67 bits per heavy atom. The van der Waals surface area contributed by atoms with Crippen LogP contribution in [0.25, 0.3) is 10.8 Å². The van der Waals surface area contributed by atoms with Crippen LogP contribution >= 0.6 is 0 Å². The third kappa shape index (κ3) is 3.43. The van der Waals surface area contributed by atoms with Gasteiger partial charge in [0.2, 0.25) is 0 Å². The lowest BCUT2D eigenvalue weighted by Gasteiger charge is -2.30. The Balaban J connectivity index is 1.66. The Morgan fingerprint density at radius 2 is 1.93 bits per heavy atom. The fourth-order valence-electron chi connectivity index (χ4n) is 3.61. The number of Topliss-reactive ketones (excluding diaryl/α,β-unsaturated/α-hetero) is 1.